The lowest BCUT2D eigenvalue weighted by Gasteiger charge is -2.09. The molecule has 2 rings (SSSR count). The second-order valence-electron chi connectivity index (χ2n) is 3.83. The van der Waals surface area contributed by atoms with Gasteiger partial charge in [-0.05, 0) is 17.8 Å². The first-order valence-electron chi connectivity index (χ1n) is 3.67. The first kappa shape index (κ1) is 5.45. The Labute approximate surface area is 55.4 Å². The van der Waals surface area contributed by atoms with Crippen molar-refractivity contribution in [2.24, 2.45) is 17.3 Å². The van der Waals surface area contributed by atoms with Gasteiger partial charge in [-0.25, -0.2) is 0 Å². The topological polar surface area (TPSA) is 17.1 Å². The fourth-order valence-corrected chi connectivity index (χ4v) is 2.08. The standard InChI is InChI=1S/C8H12O/c1-5-3-7(9)6-4-8(5,6)2/h5-6H,3-4H2,1-2H3/t5?,6-,8+/m1/s1. The normalized spacial score (nSPS) is 55.6. The predicted molar refractivity (Wildman–Crippen MR) is 35.0 cm³/mol. The summed E-state index contributed by atoms with van der Waals surface area (Å²) in [5, 5.41) is 0. The van der Waals surface area contributed by atoms with E-state index in [1.165, 1.54) is 6.42 Å². The van der Waals surface area contributed by atoms with Crippen LogP contribution in [0.2, 0.25) is 0 Å². The molecule has 0 heterocycles. The Morgan fingerprint density at radius 1 is 1.67 bits per heavy atom. The first-order valence-corrected chi connectivity index (χ1v) is 3.67. The number of rotatable bonds is 0. The zero-order chi connectivity index (χ0) is 6.65. The Morgan fingerprint density at radius 2 is 2.33 bits per heavy atom. The highest BCUT2D eigenvalue weighted by atomic mass is 16.1. The first-order chi connectivity index (χ1) is 4.14. The molecule has 0 amide bonds. The van der Waals surface area contributed by atoms with Crippen molar-refractivity contribution in [2.75, 3.05) is 0 Å². The fraction of sp³-hybridized carbons (Fsp3) is 0.875. The highest BCUT2D eigenvalue weighted by Gasteiger charge is 2.62. The number of carbonyl (C=O) groups is 1. The fourth-order valence-electron chi connectivity index (χ4n) is 2.08. The summed E-state index contributed by atoms with van der Waals surface area (Å²) in [6.07, 6.45) is 2.02. The van der Waals surface area contributed by atoms with Gasteiger partial charge in [-0.1, -0.05) is 13.8 Å². The summed E-state index contributed by atoms with van der Waals surface area (Å²) in [6, 6.07) is 0. The van der Waals surface area contributed by atoms with Crippen molar-refractivity contribution >= 4 is 5.78 Å². The minimum Gasteiger partial charge on any atom is -0.299 e. The Bertz CT molecular complexity index is 173. The molecule has 2 fully saturated rings. The Morgan fingerprint density at radius 3 is 2.44 bits per heavy atom. The molecule has 2 saturated carbocycles. The summed E-state index contributed by atoms with van der Waals surface area (Å²) in [4.78, 5) is 11.0. The molecule has 0 aromatic rings. The summed E-state index contributed by atoms with van der Waals surface area (Å²) < 4.78 is 0. The number of ketones is 1. The number of Topliss-reactive ketones (excluding diaryl/α,β-unsaturated/α-hetero) is 1. The number of fused-ring (bicyclic) bond motifs is 1. The van der Waals surface area contributed by atoms with E-state index in [0.717, 1.165) is 6.42 Å². The van der Waals surface area contributed by atoms with Crippen LogP contribution in [0.4, 0.5) is 0 Å². The molecule has 0 aromatic heterocycles. The molecule has 2 aliphatic carbocycles. The Kier molecular flexibility index (Phi) is 0.744. The van der Waals surface area contributed by atoms with Gasteiger partial charge in [0.15, 0.2) is 0 Å². The lowest BCUT2D eigenvalue weighted by atomic mass is 9.95. The molecular formula is C8H12O. The van der Waals surface area contributed by atoms with E-state index in [4.69, 9.17) is 0 Å². The van der Waals surface area contributed by atoms with Gasteiger partial charge in [-0.3, -0.25) is 4.79 Å². The van der Waals surface area contributed by atoms with Crippen molar-refractivity contribution in [3.05, 3.63) is 0 Å². The van der Waals surface area contributed by atoms with E-state index >= 15 is 0 Å². The molecule has 0 spiro atoms. The van der Waals surface area contributed by atoms with Gasteiger partial charge in [-0.15, -0.1) is 0 Å². The maximum absolute atomic E-state index is 11.0. The van der Waals surface area contributed by atoms with Crippen molar-refractivity contribution in [3.63, 3.8) is 0 Å². The second-order valence-corrected chi connectivity index (χ2v) is 3.83. The molecule has 0 radical (unpaired) electrons. The number of hydrogen-bond acceptors (Lipinski definition) is 1. The van der Waals surface area contributed by atoms with Crippen molar-refractivity contribution < 1.29 is 4.79 Å². The molecule has 2 aliphatic rings. The summed E-state index contributed by atoms with van der Waals surface area (Å²) >= 11 is 0. The molecule has 0 saturated heterocycles. The van der Waals surface area contributed by atoms with Gasteiger partial charge < -0.3 is 0 Å². The van der Waals surface area contributed by atoms with Crippen LogP contribution in [0.25, 0.3) is 0 Å². The van der Waals surface area contributed by atoms with Crippen LogP contribution in [0.15, 0.2) is 0 Å². The van der Waals surface area contributed by atoms with Gasteiger partial charge in [0, 0.05) is 12.3 Å². The van der Waals surface area contributed by atoms with Gasteiger partial charge in [0.05, 0.1) is 0 Å². The minimum atomic E-state index is 0.442. The summed E-state index contributed by atoms with van der Waals surface area (Å²) in [5.74, 6) is 1.65. The average Bonchev–Trinajstić information content (AvgIpc) is 2.38. The van der Waals surface area contributed by atoms with Crippen LogP contribution in [-0.2, 0) is 4.79 Å². The minimum absolute atomic E-state index is 0.442. The molecule has 9 heavy (non-hydrogen) atoms. The van der Waals surface area contributed by atoms with Crippen molar-refractivity contribution in [1.29, 1.82) is 0 Å². The zero-order valence-electron chi connectivity index (χ0n) is 5.98. The van der Waals surface area contributed by atoms with Crippen molar-refractivity contribution in [1.82, 2.24) is 0 Å². The van der Waals surface area contributed by atoms with Crippen LogP contribution in [-0.4, -0.2) is 5.78 Å². The van der Waals surface area contributed by atoms with Crippen LogP contribution < -0.4 is 0 Å². The maximum Gasteiger partial charge on any atom is 0.136 e. The monoisotopic (exact) mass is 124 g/mol. The summed E-state index contributed by atoms with van der Waals surface area (Å²) in [5.41, 5.74) is 0.442. The third-order valence-electron chi connectivity index (χ3n) is 3.30. The van der Waals surface area contributed by atoms with Crippen LogP contribution >= 0.6 is 0 Å². The van der Waals surface area contributed by atoms with E-state index in [0.29, 0.717) is 23.0 Å². The van der Waals surface area contributed by atoms with E-state index in [2.05, 4.69) is 13.8 Å². The van der Waals surface area contributed by atoms with E-state index in [1.807, 2.05) is 0 Å². The summed E-state index contributed by atoms with van der Waals surface area (Å²) in [6.45, 7) is 4.44. The molecule has 1 unspecified atom stereocenters. The molecule has 3 atom stereocenters. The maximum atomic E-state index is 11.0. The Balaban J connectivity index is 2.28. The van der Waals surface area contributed by atoms with E-state index in [9.17, 15) is 4.79 Å². The molecule has 0 aromatic carbocycles. The third kappa shape index (κ3) is 0.480. The van der Waals surface area contributed by atoms with Crippen LogP contribution in [0.3, 0.4) is 0 Å². The molecule has 0 aliphatic heterocycles. The van der Waals surface area contributed by atoms with Crippen molar-refractivity contribution in [2.45, 2.75) is 26.7 Å². The van der Waals surface area contributed by atoms with Crippen LogP contribution in [0, 0.1) is 17.3 Å². The predicted octanol–water partition coefficient (Wildman–Crippen LogP) is 1.62. The highest BCUT2D eigenvalue weighted by molar-refractivity contribution is 5.88. The van der Waals surface area contributed by atoms with Gasteiger partial charge in [0.2, 0.25) is 0 Å². The lowest BCUT2D eigenvalue weighted by molar-refractivity contribution is -0.119. The SMILES string of the molecule is CC1CC(=O)[C@H]2C[C@@]12C. The average molecular weight is 124 g/mol. The van der Waals surface area contributed by atoms with Gasteiger partial charge >= 0.3 is 0 Å². The van der Waals surface area contributed by atoms with E-state index < -0.39 is 0 Å². The van der Waals surface area contributed by atoms with Crippen LogP contribution in [0.1, 0.15) is 26.7 Å². The van der Waals surface area contributed by atoms with E-state index in [-0.39, 0.29) is 0 Å². The quantitative estimate of drug-likeness (QED) is 0.479. The van der Waals surface area contributed by atoms with Crippen molar-refractivity contribution in [3.8, 4) is 0 Å². The lowest BCUT2D eigenvalue weighted by Crippen LogP contribution is -2.03. The largest absolute Gasteiger partial charge is 0.299 e. The summed E-state index contributed by atoms with van der Waals surface area (Å²) in [7, 11) is 0. The highest BCUT2D eigenvalue weighted by Crippen LogP contribution is 2.64. The smallest absolute Gasteiger partial charge is 0.136 e. The van der Waals surface area contributed by atoms with Crippen LogP contribution in [0.5, 0.6) is 0 Å². The zero-order valence-corrected chi connectivity index (χ0v) is 5.98. The van der Waals surface area contributed by atoms with Gasteiger partial charge in [0.1, 0.15) is 5.78 Å². The molecule has 50 valence electrons. The molecular weight excluding hydrogens is 112 g/mol. The Hall–Kier alpha value is -0.330. The second kappa shape index (κ2) is 1.23. The molecule has 1 nitrogen and oxygen atoms in total. The van der Waals surface area contributed by atoms with Gasteiger partial charge in [-0.2, -0.15) is 0 Å². The number of hydrogen-bond donors (Lipinski definition) is 0. The van der Waals surface area contributed by atoms with Gasteiger partial charge in [0.25, 0.3) is 0 Å². The number of carbonyl (C=O) groups excluding carboxylic acids is 1. The third-order valence-corrected chi connectivity index (χ3v) is 3.30. The van der Waals surface area contributed by atoms with E-state index in [1.54, 1.807) is 0 Å². The molecule has 1 heteroatoms. The molecule has 0 bridgehead atoms. The molecule has 0 N–H and O–H groups in total.